The first-order valence-corrected chi connectivity index (χ1v) is 9.10. The monoisotopic (exact) mass is 387 g/mol. The fourth-order valence-corrected chi connectivity index (χ4v) is 2.79. The van der Waals surface area contributed by atoms with Crippen LogP contribution in [0.4, 0.5) is 0 Å². The predicted octanol–water partition coefficient (Wildman–Crippen LogP) is 4.46. The van der Waals surface area contributed by atoms with Crippen LogP contribution in [-0.2, 0) is 6.61 Å². The normalized spacial score (nSPS) is 11.0. The van der Waals surface area contributed by atoms with Gasteiger partial charge in [-0.3, -0.25) is 4.98 Å². The van der Waals surface area contributed by atoms with Gasteiger partial charge in [0.1, 0.15) is 18.1 Å². The molecule has 4 aromatic rings. The zero-order chi connectivity index (χ0) is 19.2. The van der Waals surface area contributed by atoms with Crippen LogP contribution in [0, 0.1) is 4.77 Å². The first-order chi connectivity index (χ1) is 13.8. The molecule has 0 saturated heterocycles. The van der Waals surface area contributed by atoms with Crippen LogP contribution in [0.25, 0.3) is 11.5 Å². The molecule has 0 spiro atoms. The molecule has 0 amide bonds. The minimum Gasteiger partial charge on any atom is -0.489 e. The van der Waals surface area contributed by atoms with Crippen molar-refractivity contribution < 1.29 is 4.74 Å². The van der Waals surface area contributed by atoms with Crippen LogP contribution >= 0.6 is 12.2 Å². The lowest BCUT2D eigenvalue weighted by Gasteiger charge is -2.06. The molecule has 2 heterocycles. The molecule has 0 saturated carbocycles. The Balaban J connectivity index is 1.53. The Morgan fingerprint density at radius 3 is 2.71 bits per heavy atom. The van der Waals surface area contributed by atoms with E-state index in [1.165, 1.54) is 0 Å². The third-order valence-electron chi connectivity index (χ3n) is 3.97. The Bertz CT molecular complexity index is 1140. The van der Waals surface area contributed by atoms with E-state index in [1.54, 1.807) is 17.1 Å². The van der Waals surface area contributed by atoms with Gasteiger partial charge in [-0.05, 0) is 47.6 Å². The largest absolute Gasteiger partial charge is 0.489 e. The van der Waals surface area contributed by atoms with Crippen molar-refractivity contribution >= 4 is 18.4 Å². The zero-order valence-electron chi connectivity index (χ0n) is 14.9. The second-order valence-corrected chi connectivity index (χ2v) is 6.36. The van der Waals surface area contributed by atoms with E-state index in [4.69, 9.17) is 17.0 Å². The van der Waals surface area contributed by atoms with Crippen LogP contribution in [0.5, 0.6) is 5.75 Å². The molecule has 6 nitrogen and oxygen atoms in total. The highest BCUT2D eigenvalue weighted by Gasteiger charge is 2.08. The topological polar surface area (TPSA) is 68.1 Å². The number of benzene rings is 2. The van der Waals surface area contributed by atoms with Crippen molar-refractivity contribution in [2.75, 3.05) is 0 Å². The molecule has 0 bridgehead atoms. The minimum atomic E-state index is 0.397. The number of hydrogen-bond donors (Lipinski definition) is 1. The van der Waals surface area contributed by atoms with Gasteiger partial charge in [-0.1, -0.05) is 48.5 Å². The van der Waals surface area contributed by atoms with Crippen LogP contribution in [0.2, 0.25) is 0 Å². The first kappa shape index (κ1) is 17.8. The summed E-state index contributed by atoms with van der Waals surface area (Å²) in [6.07, 6.45) is 3.42. The molecule has 138 valence electrons. The van der Waals surface area contributed by atoms with Crippen LogP contribution in [-0.4, -0.2) is 26.1 Å². The molecule has 0 unspecified atom stereocenters. The van der Waals surface area contributed by atoms with Crippen LogP contribution in [0.3, 0.4) is 0 Å². The Morgan fingerprint density at radius 1 is 1.04 bits per heavy atom. The molecule has 0 aliphatic rings. The van der Waals surface area contributed by atoms with E-state index in [-0.39, 0.29) is 0 Å². The van der Waals surface area contributed by atoms with Crippen molar-refractivity contribution in [2.45, 2.75) is 6.61 Å². The lowest BCUT2D eigenvalue weighted by molar-refractivity contribution is 0.306. The molecule has 2 aromatic heterocycles. The van der Waals surface area contributed by atoms with E-state index in [2.05, 4.69) is 20.3 Å². The van der Waals surface area contributed by atoms with Gasteiger partial charge in [0, 0.05) is 6.20 Å². The lowest BCUT2D eigenvalue weighted by Crippen LogP contribution is -1.97. The maximum atomic E-state index is 5.87. The smallest absolute Gasteiger partial charge is 0.216 e. The number of H-pyrrole nitrogens is 1. The van der Waals surface area contributed by atoms with Gasteiger partial charge in [0.25, 0.3) is 0 Å². The highest BCUT2D eigenvalue weighted by atomic mass is 32.1. The summed E-state index contributed by atoms with van der Waals surface area (Å²) in [5, 5.41) is 11.5. The van der Waals surface area contributed by atoms with Gasteiger partial charge in [0.15, 0.2) is 0 Å². The summed E-state index contributed by atoms with van der Waals surface area (Å²) in [4.78, 5) is 4.30. The average molecular weight is 387 g/mol. The van der Waals surface area contributed by atoms with Crippen LogP contribution < -0.4 is 4.74 Å². The van der Waals surface area contributed by atoms with E-state index in [9.17, 15) is 0 Å². The molecular formula is C21H17N5OS. The molecule has 0 fully saturated rings. The molecule has 0 aliphatic heterocycles. The molecular weight excluding hydrogens is 370 g/mol. The summed E-state index contributed by atoms with van der Waals surface area (Å²) >= 11 is 5.29. The van der Waals surface area contributed by atoms with Gasteiger partial charge in [-0.2, -0.15) is 14.9 Å². The quantitative estimate of drug-likeness (QED) is 0.392. The SMILES string of the molecule is S=c1[nH]nc(-c2ccccn2)n1N=Cc1cccc(OCc2ccccc2)c1. The number of nitrogens with one attached hydrogen (secondary N) is 1. The second-order valence-electron chi connectivity index (χ2n) is 5.97. The average Bonchev–Trinajstić information content (AvgIpc) is 3.13. The van der Waals surface area contributed by atoms with E-state index >= 15 is 0 Å². The molecule has 7 heteroatoms. The summed E-state index contributed by atoms with van der Waals surface area (Å²) in [5.41, 5.74) is 2.69. The number of aromatic nitrogens is 4. The molecule has 0 aliphatic carbocycles. The molecule has 2 aromatic carbocycles. The number of hydrogen-bond acceptors (Lipinski definition) is 5. The van der Waals surface area contributed by atoms with Gasteiger partial charge < -0.3 is 4.74 Å². The Labute approximate surface area is 167 Å². The second kappa shape index (κ2) is 8.41. The standard InChI is InChI=1S/C21H17N5OS/c28-21-25-24-20(19-11-4-5-12-22-19)26(21)23-14-17-9-6-10-18(13-17)27-15-16-7-2-1-3-8-16/h1-14H,15H2,(H,25,28). The molecule has 4 rings (SSSR count). The zero-order valence-corrected chi connectivity index (χ0v) is 15.7. The van der Waals surface area contributed by atoms with Gasteiger partial charge in [-0.25, -0.2) is 5.10 Å². The summed E-state index contributed by atoms with van der Waals surface area (Å²) < 4.78 is 7.82. The maximum Gasteiger partial charge on any atom is 0.216 e. The van der Waals surface area contributed by atoms with Gasteiger partial charge in [0.2, 0.25) is 10.6 Å². The first-order valence-electron chi connectivity index (χ1n) is 8.69. The minimum absolute atomic E-state index is 0.397. The van der Waals surface area contributed by atoms with Crippen LogP contribution in [0.1, 0.15) is 11.1 Å². The highest BCUT2D eigenvalue weighted by molar-refractivity contribution is 7.71. The molecule has 1 N–H and O–H groups in total. The fraction of sp³-hybridized carbons (Fsp3) is 0.0476. The molecule has 0 atom stereocenters. The highest BCUT2D eigenvalue weighted by Crippen LogP contribution is 2.16. The molecule has 0 radical (unpaired) electrons. The third-order valence-corrected chi connectivity index (χ3v) is 4.24. The Hall–Kier alpha value is -3.58. The lowest BCUT2D eigenvalue weighted by atomic mass is 10.2. The van der Waals surface area contributed by atoms with E-state index in [1.807, 2.05) is 72.8 Å². The number of ether oxygens (including phenoxy) is 1. The van der Waals surface area contributed by atoms with Crippen molar-refractivity contribution in [1.82, 2.24) is 19.9 Å². The van der Waals surface area contributed by atoms with Gasteiger partial charge in [-0.15, -0.1) is 0 Å². The molecule has 28 heavy (non-hydrogen) atoms. The van der Waals surface area contributed by atoms with Crippen molar-refractivity contribution in [2.24, 2.45) is 5.10 Å². The summed E-state index contributed by atoms with van der Waals surface area (Å²) in [7, 11) is 0. The summed E-state index contributed by atoms with van der Waals surface area (Å²) in [6, 6.07) is 23.4. The van der Waals surface area contributed by atoms with Crippen LogP contribution in [0.15, 0.2) is 84.1 Å². The van der Waals surface area contributed by atoms with Gasteiger partial charge in [0.05, 0.1) is 6.21 Å². The van der Waals surface area contributed by atoms with E-state index in [0.717, 1.165) is 16.9 Å². The number of rotatable bonds is 6. The van der Waals surface area contributed by atoms with Crippen molar-refractivity contribution in [1.29, 1.82) is 0 Å². The van der Waals surface area contributed by atoms with Crippen molar-refractivity contribution in [3.05, 3.63) is 94.9 Å². The third kappa shape index (κ3) is 4.21. The van der Waals surface area contributed by atoms with E-state index < -0.39 is 0 Å². The van der Waals surface area contributed by atoms with Crippen molar-refractivity contribution in [3.8, 4) is 17.3 Å². The maximum absolute atomic E-state index is 5.87. The number of pyridine rings is 1. The number of nitrogens with zero attached hydrogens (tertiary/aromatic N) is 4. The number of aromatic amines is 1. The predicted molar refractivity (Wildman–Crippen MR) is 111 cm³/mol. The summed E-state index contributed by atoms with van der Waals surface area (Å²) in [6.45, 7) is 0.512. The van der Waals surface area contributed by atoms with Crippen molar-refractivity contribution in [3.63, 3.8) is 0 Å². The fourth-order valence-electron chi connectivity index (χ4n) is 2.61. The van der Waals surface area contributed by atoms with Gasteiger partial charge >= 0.3 is 0 Å². The Morgan fingerprint density at radius 2 is 1.89 bits per heavy atom. The Kier molecular flexibility index (Phi) is 5.35. The van der Waals surface area contributed by atoms with E-state index in [0.29, 0.717) is 22.9 Å². The summed E-state index contributed by atoms with van der Waals surface area (Å²) in [5.74, 6) is 1.33.